The minimum atomic E-state index is -0.235. The summed E-state index contributed by atoms with van der Waals surface area (Å²) in [5, 5.41) is 7.45. The van der Waals surface area contributed by atoms with Crippen LogP contribution in [0.5, 0.6) is 0 Å². The van der Waals surface area contributed by atoms with Crippen LogP contribution in [0.2, 0.25) is 0 Å². The molecule has 1 aromatic carbocycles. The standard InChI is InChI=1S/C24H29FN6O/c1-4-30-9-11-31(12-10-30)19-7-6-17(13-18(19)25)27-24-26-14-16-5-8-20-21(23(16)28-24)22(15(2)3)29-32-20/h6-7,13-15H,4-5,8-12H2,1-3H3,(H,26,27,28). The SMILES string of the molecule is CCN1CCN(c2ccc(Nc3ncc4c(n3)-c3c(C(C)C)noc3CC4)cc2F)CC1. The molecular weight excluding hydrogens is 407 g/mol. The summed E-state index contributed by atoms with van der Waals surface area (Å²) in [7, 11) is 0. The Morgan fingerprint density at radius 1 is 1.16 bits per heavy atom. The predicted molar refractivity (Wildman–Crippen MR) is 123 cm³/mol. The minimum Gasteiger partial charge on any atom is -0.367 e. The van der Waals surface area contributed by atoms with Gasteiger partial charge in [-0.25, -0.2) is 14.4 Å². The maximum Gasteiger partial charge on any atom is 0.227 e. The van der Waals surface area contributed by atoms with Crippen LogP contribution in [-0.4, -0.2) is 52.7 Å². The van der Waals surface area contributed by atoms with Gasteiger partial charge in [0.05, 0.1) is 22.6 Å². The van der Waals surface area contributed by atoms with Crippen LogP contribution in [0.15, 0.2) is 28.9 Å². The quantitative estimate of drug-likeness (QED) is 0.636. The first kappa shape index (κ1) is 20.9. The predicted octanol–water partition coefficient (Wildman–Crippen LogP) is 4.38. The summed E-state index contributed by atoms with van der Waals surface area (Å²) in [6.45, 7) is 11.0. The number of rotatable bonds is 5. The van der Waals surface area contributed by atoms with Crippen molar-refractivity contribution in [2.45, 2.75) is 39.5 Å². The van der Waals surface area contributed by atoms with Gasteiger partial charge >= 0.3 is 0 Å². The molecule has 0 atom stereocenters. The number of anilines is 3. The monoisotopic (exact) mass is 436 g/mol. The Morgan fingerprint density at radius 3 is 2.69 bits per heavy atom. The number of fused-ring (bicyclic) bond motifs is 3. The van der Waals surface area contributed by atoms with Crippen molar-refractivity contribution in [3.63, 3.8) is 0 Å². The third-order valence-electron chi connectivity index (χ3n) is 6.42. The molecule has 1 fully saturated rings. The second-order valence-corrected chi connectivity index (χ2v) is 8.80. The van der Waals surface area contributed by atoms with Crippen LogP contribution in [0.1, 0.15) is 43.7 Å². The summed E-state index contributed by atoms with van der Waals surface area (Å²) >= 11 is 0. The van der Waals surface area contributed by atoms with Crippen LogP contribution in [0, 0.1) is 5.82 Å². The van der Waals surface area contributed by atoms with Gasteiger partial charge in [0.25, 0.3) is 0 Å². The zero-order valence-corrected chi connectivity index (χ0v) is 18.9. The van der Waals surface area contributed by atoms with E-state index in [1.807, 2.05) is 18.3 Å². The largest absolute Gasteiger partial charge is 0.367 e. The number of nitrogens with zero attached hydrogens (tertiary/aromatic N) is 5. The van der Waals surface area contributed by atoms with E-state index in [1.165, 1.54) is 6.07 Å². The van der Waals surface area contributed by atoms with Crippen LogP contribution in [-0.2, 0) is 12.8 Å². The normalized spacial score (nSPS) is 16.2. The molecule has 5 rings (SSSR count). The zero-order valence-electron chi connectivity index (χ0n) is 18.9. The number of aromatic nitrogens is 3. The molecule has 1 aliphatic heterocycles. The van der Waals surface area contributed by atoms with Crippen molar-refractivity contribution in [3.05, 3.63) is 47.2 Å². The van der Waals surface area contributed by atoms with Gasteiger partial charge in [-0.1, -0.05) is 25.9 Å². The van der Waals surface area contributed by atoms with Crippen molar-refractivity contribution in [1.29, 1.82) is 0 Å². The van der Waals surface area contributed by atoms with Crippen LogP contribution in [0.4, 0.5) is 21.7 Å². The number of aryl methyl sites for hydroxylation is 2. The highest BCUT2D eigenvalue weighted by molar-refractivity contribution is 5.72. The maximum absolute atomic E-state index is 14.9. The Hall–Kier alpha value is -3.00. The average Bonchev–Trinajstić information content (AvgIpc) is 3.24. The molecule has 168 valence electrons. The first-order valence-electron chi connectivity index (χ1n) is 11.4. The Balaban J connectivity index is 1.37. The number of piperazine rings is 1. The molecule has 7 nitrogen and oxygen atoms in total. The van der Waals surface area contributed by atoms with Gasteiger partial charge in [-0.15, -0.1) is 0 Å². The highest BCUT2D eigenvalue weighted by Crippen LogP contribution is 2.38. The summed E-state index contributed by atoms with van der Waals surface area (Å²) in [6, 6.07) is 5.25. The van der Waals surface area contributed by atoms with Gasteiger partial charge < -0.3 is 19.6 Å². The van der Waals surface area contributed by atoms with Gasteiger partial charge in [-0.3, -0.25) is 0 Å². The average molecular weight is 437 g/mol. The third-order valence-corrected chi connectivity index (χ3v) is 6.42. The molecular formula is C24H29FN6O. The maximum atomic E-state index is 14.9. The van der Waals surface area contributed by atoms with E-state index in [-0.39, 0.29) is 11.7 Å². The number of nitrogens with one attached hydrogen (secondary N) is 1. The zero-order chi connectivity index (χ0) is 22.2. The van der Waals surface area contributed by atoms with Crippen molar-refractivity contribution >= 4 is 17.3 Å². The lowest BCUT2D eigenvalue weighted by Crippen LogP contribution is -2.46. The number of halogens is 1. The molecule has 1 N–H and O–H groups in total. The number of hydrogen-bond donors (Lipinski definition) is 1. The number of likely N-dealkylation sites (N-methyl/N-ethyl adjacent to an activating group) is 1. The van der Waals surface area contributed by atoms with Gasteiger partial charge in [-0.05, 0) is 42.6 Å². The lowest BCUT2D eigenvalue weighted by atomic mass is 9.91. The molecule has 32 heavy (non-hydrogen) atoms. The Labute approximate surface area is 187 Å². The molecule has 0 bridgehead atoms. The third kappa shape index (κ3) is 3.83. The second-order valence-electron chi connectivity index (χ2n) is 8.80. The molecule has 0 amide bonds. The molecule has 0 saturated carbocycles. The fourth-order valence-corrected chi connectivity index (χ4v) is 4.55. The number of benzene rings is 1. The van der Waals surface area contributed by atoms with E-state index in [9.17, 15) is 4.39 Å². The van der Waals surface area contributed by atoms with Crippen molar-refractivity contribution < 1.29 is 8.91 Å². The van der Waals surface area contributed by atoms with Crippen LogP contribution in [0.3, 0.4) is 0 Å². The molecule has 0 spiro atoms. The highest BCUT2D eigenvalue weighted by atomic mass is 19.1. The van der Waals surface area contributed by atoms with Gasteiger partial charge in [0.2, 0.25) is 5.95 Å². The molecule has 2 aromatic heterocycles. The van der Waals surface area contributed by atoms with Gasteiger partial charge in [0, 0.05) is 44.5 Å². The Kier molecular flexibility index (Phi) is 5.55. The summed E-state index contributed by atoms with van der Waals surface area (Å²) < 4.78 is 20.5. The summed E-state index contributed by atoms with van der Waals surface area (Å²) in [6.07, 6.45) is 3.48. The van der Waals surface area contributed by atoms with E-state index >= 15 is 0 Å². The highest BCUT2D eigenvalue weighted by Gasteiger charge is 2.28. The van der Waals surface area contributed by atoms with Gasteiger partial charge in [0.15, 0.2) is 0 Å². The molecule has 8 heteroatoms. The summed E-state index contributed by atoms with van der Waals surface area (Å²) in [4.78, 5) is 13.7. The van der Waals surface area contributed by atoms with Crippen molar-refractivity contribution in [2.75, 3.05) is 42.9 Å². The first-order chi connectivity index (χ1) is 15.5. The molecule has 1 aliphatic carbocycles. The van der Waals surface area contributed by atoms with E-state index in [2.05, 4.69) is 46.0 Å². The Morgan fingerprint density at radius 2 is 1.97 bits per heavy atom. The van der Waals surface area contributed by atoms with Crippen molar-refractivity contribution in [2.24, 2.45) is 0 Å². The lowest BCUT2D eigenvalue weighted by Gasteiger charge is -2.35. The van der Waals surface area contributed by atoms with Crippen LogP contribution in [0.25, 0.3) is 11.3 Å². The van der Waals surface area contributed by atoms with E-state index < -0.39 is 0 Å². The molecule has 3 aromatic rings. The minimum absolute atomic E-state index is 0.235. The van der Waals surface area contributed by atoms with Gasteiger partial charge in [0.1, 0.15) is 11.6 Å². The Bertz CT molecular complexity index is 1120. The van der Waals surface area contributed by atoms with Crippen molar-refractivity contribution in [3.8, 4) is 11.3 Å². The van der Waals surface area contributed by atoms with E-state index in [0.717, 1.165) is 73.8 Å². The fourth-order valence-electron chi connectivity index (χ4n) is 4.55. The lowest BCUT2D eigenvalue weighted by molar-refractivity contribution is 0.270. The van der Waals surface area contributed by atoms with E-state index in [0.29, 0.717) is 17.3 Å². The van der Waals surface area contributed by atoms with Gasteiger partial charge in [-0.2, -0.15) is 0 Å². The second kappa shape index (κ2) is 8.50. The topological polar surface area (TPSA) is 70.3 Å². The molecule has 3 heterocycles. The fraction of sp³-hybridized carbons (Fsp3) is 0.458. The molecule has 2 aliphatic rings. The van der Waals surface area contributed by atoms with Crippen molar-refractivity contribution in [1.82, 2.24) is 20.0 Å². The number of hydrogen-bond acceptors (Lipinski definition) is 7. The summed E-state index contributed by atoms with van der Waals surface area (Å²) in [5.74, 6) is 1.32. The smallest absolute Gasteiger partial charge is 0.227 e. The molecule has 0 radical (unpaired) electrons. The van der Waals surface area contributed by atoms with E-state index in [1.54, 1.807) is 0 Å². The van der Waals surface area contributed by atoms with Crippen LogP contribution >= 0.6 is 0 Å². The first-order valence-corrected chi connectivity index (χ1v) is 11.4. The summed E-state index contributed by atoms with van der Waals surface area (Å²) in [5.41, 5.74) is 5.13. The van der Waals surface area contributed by atoms with E-state index in [4.69, 9.17) is 9.51 Å². The molecule has 1 saturated heterocycles. The molecule has 0 unspecified atom stereocenters. The van der Waals surface area contributed by atoms with Crippen LogP contribution < -0.4 is 10.2 Å².